The first-order valence-electron chi connectivity index (χ1n) is 11.5. The van der Waals surface area contributed by atoms with Gasteiger partial charge in [-0.2, -0.15) is 0 Å². The fourth-order valence-electron chi connectivity index (χ4n) is 4.26. The van der Waals surface area contributed by atoms with E-state index >= 15 is 0 Å². The first-order chi connectivity index (χ1) is 16.5. The number of amides is 1. The number of hydrogen-bond donors (Lipinski definition) is 1. The summed E-state index contributed by atoms with van der Waals surface area (Å²) in [6.07, 6.45) is 4.83. The number of aryl methyl sites for hydroxylation is 1. The number of carbonyl (C=O) groups is 1. The van der Waals surface area contributed by atoms with E-state index in [1.54, 1.807) is 36.4 Å². The van der Waals surface area contributed by atoms with Crippen LogP contribution in [-0.2, 0) is 12.8 Å². The number of halogens is 3. The predicted molar refractivity (Wildman–Crippen MR) is 143 cm³/mol. The Hall–Kier alpha value is -1.40. The second-order valence-electron chi connectivity index (χ2n) is 8.68. The third kappa shape index (κ3) is 6.30. The minimum atomic E-state index is -0.157. The molecule has 1 fully saturated rings. The van der Waals surface area contributed by atoms with Crippen LogP contribution in [0.2, 0.25) is 15.1 Å². The number of benzene rings is 3. The molecule has 0 unspecified atom stereocenters. The molecule has 178 valence electrons. The second-order valence-corrected chi connectivity index (χ2v) is 9.93. The molecular weight excluding hydrogens is 516 g/mol. The molecule has 5 rings (SSSR count). The summed E-state index contributed by atoms with van der Waals surface area (Å²) in [5.41, 5.74) is 3.74. The van der Waals surface area contributed by atoms with Crippen LogP contribution in [0.5, 0.6) is 17.2 Å². The van der Waals surface area contributed by atoms with Crippen molar-refractivity contribution in [1.29, 1.82) is 0 Å². The molecule has 8 heteroatoms. The van der Waals surface area contributed by atoms with Crippen molar-refractivity contribution in [3.63, 3.8) is 0 Å². The zero-order valence-electron chi connectivity index (χ0n) is 18.5. The number of ether oxygens (including phenoxy) is 2. The molecule has 1 aliphatic heterocycles. The van der Waals surface area contributed by atoms with E-state index in [1.807, 2.05) is 12.1 Å². The number of nitrogens with one attached hydrogen (secondary N) is 1. The molecule has 35 heavy (non-hydrogen) atoms. The molecule has 3 aromatic rings. The molecule has 0 bridgehead atoms. The maximum atomic E-state index is 12.6. The SMILES string of the molecule is O=C(NCCc1ccc(Cl)cc1Cl)c1ccc(Oc2c(Cl)cc3c(c2C2CC2)OCCC3)cc1.[NaH]. The first-order valence-corrected chi connectivity index (χ1v) is 12.6. The molecule has 0 aromatic heterocycles. The Morgan fingerprint density at radius 2 is 1.80 bits per heavy atom. The van der Waals surface area contributed by atoms with E-state index in [0.29, 0.717) is 51.0 Å². The van der Waals surface area contributed by atoms with Gasteiger partial charge >= 0.3 is 29.6 Å². The van der Waals surface area contributed by atoms with Crippen molar-refractivity contribution in [3.05, 3.63) is 85.9 Å². The van der Waals surface area contributed by atoms with Crippen LogP contribution in [0.3, 0.4) is 0 Å². The van der Waals surface area contributed by atoms with Gasteiger partial charge in [0.2, 0.25) is 0 Å². The van der Waals surface area contributed by atoms with Crippen LogP contribution >= 0.6 is 34.8 Å². The summed E-state index contributed by atoms with van der Waals surface area (Å²) in [4.78, 5) is 12.6. The molecular formula is C27H25Cl3NNaO3. The summed E-state index contributed by atoms with van der Waals surface area (Å²) in [5, 5.41) is 4.72. The first kappa shape index (κ1) is 26.7. The number of carbonyl (C=O) groups excluding carboxylic acids is 1. The monoisotopic (exact) mass is 539 g/mol. The van der Waals surface area contributed by atoms with Gasteiger partial charge in [-0.05, 0) is 91.6 Å². The molecule has 1 heterocycles. The van der Waals surface area contributed by atoms with Crippen LogP contribution in [0.25, 0.3) is 0 Å². The molecule has 1 amide bonds. The number of rotatable bonds is 7. The van der Waals surface area contributed by atoms with E-state index in [9.17, 15) is 4.79 Å². The quantitative estimate of drug-likeness (QED) is 0.329. The van der Waals surface area contributed by atoms with Gasteiger partial charge in [-0.3, -0.25) is 4.79 Å². The van der Waals surface area contributed by atoms with Gasteiger partial charge in [0, 0.05) is 27.7 Å². The van der Waals surface area contributed by atoms with Crippen LogP contribution in [0.15, 0.2) is 48.5 Å². The predicted octanol–water partition coefficient (Wildman–Crippen LogP) is 6.97. The van der Waals surface area contributed by atoms with Crippen LogP contribution < -0.4 is 14.8 Å². The molecule has 4 nitrogen and oxygen atoms in total. The van der Waals surface area contributed by atoms with Crippen LogP contribution in [0.4, 0.5) is 0 Å². The summed E-state index contributed by atoms with van der Waals surface area (Å²) < 4.78 is 12.3. The zero-order chi connectivity index (χ0) is 23.7. The van der Waals surface area contributed by atoms with E-state index in [1.165, 1.54) is 0 Å². The van der Waals surface area contributed by atoms with Gasteiger partial charge in [-0.25, -0.2) is 0 Å². The molecule has 0 radical (unpaired) electrons. The van der Waals surface area contributed by atoms with E-state index in [-0.39, 0.29) is 35.5 Å². The summed E-state index contributed by atoms with van der Waals surface area (Å²) in [6.45, 7) is 1.19. The molecule has 0 saturated heterocycles. The van der Waals surface area contributed by atoms with Crippen molar-refractivity contribution in [2.75, 3.05) is 13.2 Å². The Labute approximate surface area is 242 Å². The van der Waals surface area contributed by atoms with E-state index in [0.717, 1.165) is 54.7 Å². The molecule has 3 aromatic carbocycles. The van der Waals surface area contributed by atoms with E-state index < -0.39 is 0 Å². The topological polar surface area (TPSA) is 47.6 Å². The summed E-state index contributed by atoms with van der Waals surface area (Å²) in [5.74, 6) is 2.52. The Morgan fingerprint density at radius 3 is 2.51 bits per heavy atom. The summed E-state index contributed by atoms with van der Waals surface area (Å²) >= 11 is 18.8. The van der Waals surface area contributed by atoms with Gasteiger partial charge in [0.15, 0.2) is 5.75 Å². The fraction of sp³-hybridized carbons (Fsp3) is 0.296. The summed E-state index contributed by atoms with van der Waals surface area (Å²) in [6, 6.07) is 14.4. The third-order valence-electron chi connectivity index (χ3n) is 6.15. The Bertz CT molecular complexity index is 1230. The number of fused-ring (bicyclic) bond motifs is 1. The van der Waals surface area contributed by atoms with Gasteiger partial charge in [-0.1, -0.05) is 40.9 Å². The molecule has 0 spiro atoms. The van der Waals surface area contributed by atoms with Gasteiger partial charge < -0.3 is 14.8 Å². The van der Waals surface area contributed by atoms with Gasteiger partial charge in [0.05, 0.1) is 11.6 Å². The van der Waals surface area contributed by atoms with Crippen molar-refractivity contribution >= 4 is 70.3 Å². The van der Waals surface area contributed by atoms with Crippen molar-refractivity contribution < 1.29 is 14.3 Å². The average molecular weight is 541 g/mol. The second kappa shape index (κ2) is 11.8. The molecule has 1 aliphatic carbocycles. The molecule has 1 saturated carbocycles. The van der Waals surface area contributed by atoms with Crippen molar-refractivity contribution in [2.45, 2.75) is 38.0 Å². The maximum absolute atomic E-state index is 12.6. The molecule has 0 atom stereocenters. The zero-order valence-corrected chi connectivity index (χ0v) is 20.8. The standard InChI is InChI=1S/C27H24Cl3NO3.Na.H/c28-20-8-5-16(22(29)15-20)11-12-31-27(32)18-6-9-21(10-7-18)34-26-23(30)14-19-2-1-13-33-25(19)24(26)17-3-4-17;;/h5-10,14-15,17H,1-4,11-13H2,(H,31,32);;. The van der Waals surface area contributed by atoms with Crippen molar-refractivity contribution in [3.8, 4) is 17.2 Å². The van der Waals surface area contributed by atoms with Crippen molar-refractivity contribution in [1.82, 2.24) is 5.32 Å². The molecule has 1 N–H and O–H groups in total. The van der Waals surface area contributed by atoms with Gasteiger partial charge in [0.1, 0.15) is 11.5 Å². The minimum absolute atomic E-state index is 0. The van der Waals surface area contributed by atoms with Gasteiger partial charge in [-0.15, -0.1) is 0 Å². The van der Waals surface area contributed by atoms with Crippen LogP contribution in [0.1, 0.15) is 52.2 Å². The van der Waals surface area contributed by atoms with E-state index in [4.69, 9.17) is 44.3 Å². The Morgan fingerprint density at radius 1 is 1.03 bits per heavy atom. The van der Waals surface area contributed by atoms with E-state index in [2.05, 4.69) is 5.32 Å². The fourth-order valence-corrected chi connectivity index (χ4v) is 5.03. The third-order valence-corrected chi connectivity index (χ3v) is 7.02. The van der Waals surface area contributed by atoms with Crippen molar-refractivity contribution in [2.24, 2.45) is 0 Å². The number of hydrogen-bond acceptors (Lipinski definition) is 3. The normalized spacial score (nSPS) is 14.4. The average Bonchev–Trinajstić information content (AvgIpc) is 3.66. The Balaban J connectivity index is 0.00000289. The summed E-state index contributed by atoms with van der Waals surface area (Å²) in [7, 11) is 0. The Kier molecular flexibility index (Phi) is 8.96. The molecule has 2 aliphatic rings. The van der Waals surface area contributed by atoms with Crippen LogP contribution in [-0.4, -0.2) is 48.6 Å². The van der Waals surface area contributed by atoms with Gasteiger partial charge in [0.25, 0.3) is 5.91 Å². The van der Waals surface area contributed by atoms with Crippen LogP contribution in [0, 0.1) is 0 Å².